The van der Waals surface area contributed by atoms with Gasteiger partial charge in [-0.05, 0) is 55.8 Å². The van der Waals surface area contributed by atoms with Crippen LogP contribution in [0.2, 0.25) is 0 Å². The van der Waals surface area contributed by atoms with Gasteiger partial charge in [0.15, 0.2) is 6.61 Å². The first-order chi connectivity index (χ1) is 14.0. The molecule has 0 aromatic rings. The second-order valence-corrected chi connectivity index (χ2v) is 11.3. The molecule has 166 valence electrons. The van der Waals surface area contributed by atoms with E-state index in [-0.39, 0.29) is 41.3 Å². The molecule has 1 aliphatic heterocycles. The Bertz CT molecular complexity index is 823. The molecule has 9 atom stereocenters. The lowest BCUT2D eigenvalue weighted by Gasteiger charge is -2.58. The Morgan fingerprint density at radius 2 is 1.93 bits per heavy atom. The molecule has 0 unspecified atom stereocenters. The lowest BCUT2D eigenvalue weighted by molar-refractivity contribution is -0.174. The van der Waals surface area contributed by atoms with E-state index in [1.165, 1.54) is 6.92 Å². The van der Waals surface area contributed by atoms with Gasteiger partial charge >= 0.3 is 5.97 Å². The number of ketones is 2. The Balaban J connectivity index is 1.49. The topological polar surface area (TPSA) is 93.2 Å². The van der Waals surface area contributed by atoms with Crippen LogP contribution in [0.25, 0.3) is 0 Å². The molecule has 6 nitrogen and oxygen atoms in total. The van der Waals surface area contributed by atoms with Crippen molar-refractivity contribution in [3.8, 4) is 0 Å². The van der Waals surface area contributed by atoms with Crippen molar-refractivity contribution in [2.75, 3.05) is 6.61 Å². The molecule has 30 heavy (non-hydrogen) atoms. The zero-order valence-corrected chi connectivity index (χ0v) is 18.5. The second-order valence-electron chi connectivity index (χ2n) is 11.3. The van der Waals surface area contributed by atoms with Crippen LogP contribution in [0.5, 0.6) is 0 Å². The van der Waals surface area contributed by atoms with Crippen LogP contribution in [0.15, 0.2) is 0 Å². The van der Waals surface area contributed by atoms with E-state index < -0.39 is 17.0 Å². The van der Waals surface area contributed by atoms with Gasteiger partial charge in [-0.25, -0.2) is 0 Å². The fourth-order valence-electron chi connectivity index (χ4n) is 8.71. The van der Waals surface area contributed by atoms with Crippen molar-refractivity contribution in [3.63, 3.8) is 0 Å². The van der Waals surface area contributed by atoms with Crippen molar-refractivity contribution >= 4 is 17.5 Å². The third kappa shape index (κ3) is 2.25. The summed E-state index contributed by atoms with van der Waals surface area (Å²) in [6, 6.07) is 0. The highest BCUT2D eigenvalue weighted by Gasteiger charge is 2.82. The van der Waals surface area contributed by atoms with Crippen molar-refractivity contribution in [1.29, 1.82) is 0 Å². The van der Waals surface area contributed by atoms with Crippen LogP contribution in [0.4, 0.5) is 0 Å². The second kappa shape index (κ2) is 6.16. The number of rotatable bonds is 3. The SMILES string of the molecule is CC(=O)OCC(=O)[C@]1(O)[C@@H](C)C[C@H]2[C@H]3CC[C@@H]4CC(=O)CC[C@@]4(C)[C@@]34O[C@H]4C[C@]21C. The minimum Gasteiger partial charge on any atom is -0.458 e. The van der Waals surface area contributed by atoms with Gasteiger partial charge in [-0.3, -0.25) is 14.4 Å². The maximum absolute atomic E-state index is 13.1. The molecule has 4 saturated carbocycles. The molecule has 0 radical (unpaired) electrons. The molecule has 5 fully saturated rings. The van der Waals surface area contributed by atoms with Crippen LogP contribution in [0.1, 0.15) is 72.6 Å². The summed E-state index contributed by atoms with van der Waals surface area (Å²) in [5.74, 6) is 0.167. The number of fused-ring (bicyclic) bond motifs is 3. The maximum Gasteiger partial charge on any atom is 0.303 e. The van der Waals surface area contributed by atoms with Gasteiger partial charge in [0.1, 0.15) is 17.0 Å². The van der Waals surface area contributed by atoms with Crippen LogP contribution < -0.4 is 0 Å². The Labute approximate surface area is 178 Å². The first kappa shape index (κ1) is 20.6. The number of ether oxygens (including phenoxy) is 2. The molecule has 1 heterocycles. The van der Waals surface area contributed by atoms with Crippen LogP contribution in [-0.4, -0.2) is 46.6 Å². The maximum atomic E-state index is 13.1. The van der Waals surface area contributed by atoms with E-state index in [9.17, 15) is 19.5 Å². The molecule has 1 N–H and O–H groups in total. The summed E-state index contributed by atoms with van der Waals surface area (Å²) in [7, 11) is 0. The third-order valence-electron chi connectivity index (χ3n) is 10.3. The number of esters is 1. The molecule has 1 spiro atoms. The van der Waals surface area contributed by atoms with Crippen molar-refractivity contribution < 1.29 is 29.0 Å². The minimum atomic E-state index is -1.51. The highest BCUT2D eigenvalue weighted by Crippen LogP contribution is 2.77. The van der Waals surface area contributed by atoms with Gasteiger partial charge < -0.3 is 14.6 Å². The third-order valence-corrected chi connectivity index (χ3v) is 10.3. The van der Waals surface area contributed by atoms with Gasteiger partial charge in [0.2, 0.25) is 5.78 Å². The Morgan fingerprint density at radius 3 is 2.63 bits per heavy atom. The Hall–Kier alpha value is -1.27. The highest BCUT2D eigenvalue weighted by atomic mass is 16.6. The van der Waals surface area contributed by atoms with Crippen molar-refractivity contribution in [2.45, 2.75) is 89.9 Å². The number of epoxide rings is 1. The van der Waals surface area contributed by atoms with Gasteiger partial charge in [-0.1, -0.05) is 20.8 Å². The van der Waals surface area contributed by atoms with E-state index in [0.717, 1.165) is 25.7 Å². The van der Waals surface area contributed by atoms with Gasteiger partial charge in [0.25, 0.3) is 0 Å². The summed E-state index contributed by atoms with van der Waals surface area (Å²) in [6.07, 6.45) is 5.67. The number of aliphatic hydroxyl groups is 1. The molecule has 4 aliphatic carbocycles. The van der Waals surface area contributed by atoms with Gasteiger partial charge in [-0.15, -0.1) is 0 Å². The van der Waals surface area contributed by atoms with E-state index in [2.05, 4.69) is 13.8 Å². The molecule has 0 amide bonds. The van der Waals surface area contributed by atoms with Crippen molar-refractivity contribution in [2.24, 2.45) is 34.5 Å². The molecular formula is C24H34O6. The summed E-state index contributed by atoms with van der Waals surface area (Å²) in [5, 5.41) is 11.8. The molecule has 0 aromatic heterocycles. The van der Waals surface area contributed by atoms with Crippen molar-refractivity contribution in [1.82, 2.24) is 0 Å². The molecule has 5 aliphatic rings. The van der Waals surface area contributed by atoms with Crippen LogP contribution >= 0.6 is 0 Å². The largest absolute Gasteiger partial charge is 0.458 e. The predicted octanol–water partition coefficient (Wildman–Crippen LogP) is 2.84. The number of carbonyl (C=O) groups excluding carboxylic acids is 3. The van der Waals surface area contributed by atoms with E-state index >= 15 is 0 Å². The lowest BCUT2D eigenvalue weighted by Crippen LogP contribution is -2.64. The summed E-state index contributed by atoms with van der Waals surface area (Å²) in [6.45, 7) is 7.25. The monoisotopic (exact) mass is 418 g/mol. The molecule has 0 aromatic carbocycles. The lowest BCUT2D eigenvalue weighted by atomic mass is 9.44. The normalized spacial score (nSPS) is 53.8. The average molecular weight is 419 g/mol. The minimum absolute atomic E-state index is 0.00150. The van der Waals surface area contributed by atoms with E-state index in [1.807, 2.05) is 6.92 Å². The fourth-order valence-corrected chi connectivity index (χ4v) is 8.71. The van der Waals surface area contributed by atoms with Gasteiger partial charge in [-0.2, -0.15) is 0 Å². The van der Waals surface area contributed by atoms with Gasteiger partial charge in [0, 0.05) is 30.6 Å². The Morgan fingerprint density at radius 1 is 1.20 bits per heavy atom. The van der Waals surface area contributed by atoms with E-state index in [4.69, 9.17) is 9.47 Å². The van der Waals surface area contributed by atoms with E-state index in [0.29, 0.717) is 36.9 Å². The van der Waals surface area contributed by atoms with Crippen LogP contribution in [0.3, 0.4) is 0 Å². The average Bonchev–Trinajstić information content (AvgIpc) is 3.36. The molecule has 5 rings (SSSR count). The zero-order valence-electron chi connectivity index (χ0n) is 18.5. The summed E-state index contributed by atoms with van der Waals surface area (Å²) in [4.78, 5) is 36.5. The van der Waals surface area contributed by atoms with Crippen LogP contribution in [-0.2, 0) is 23.9 Å². The molecule has 0 bridgehead atoms. The van der Waals surface area contributed by atoms with Crippen molar-refractivity contribution in [3.05, 3.63) is 0 Å². The zero-order chi connectivity index (χ0) is 21.7. The summed E-state index contributed by atoms with van der Waals surface area (Å²) < 4.78 is 11.5. The Kier molecular flexibility index (Phi) is 4.23. The fraction of sp³-hybridized carbons (Fsp3) is 0.875. The summed E-state index contributed by atoms with van der Waals surface area (Å²) >= 11 is 0. The van der Waals surface area contributed by atoms with E-state index in [1.54, 1.807) is 0 Å². The predicted molar refractivity (Wildman–Crippen MR) is 107 cm³/mol. The highest BCUT2D eigenvalue weighted by molar-refractivity contribution is 5.91. The van der Waals surface area contributed by atoms with Crippen LogP contribution in [0, 0.1) is 34.5 Å². The smallest absolute Gasteiger partial charge is 0.303 e. The summed E-state index contributed by atoms with van der Waals surface area (Å²) in [5.41, 5.74) is -2.30. The quantitative estimate of drug-likeness (QED) is 0.560. The number of carbonyl (C=O) groups is 3. The number of hydrogen-bond donors (Lipinski definition) is 1. The first-order valence-electron chi connectivity index (χ1n) is 11.6. The molecule has 1 saturated heterocycles. The first-order valence-corrected chi connectivity index (χ1v) is 11.6. The standard InChI is InChI=1S/C24H34O6/c1-13-9-18-17-6-5-15-10-16(26)7-8-21(15,3)24(17)20(30-24)11-22(18,4)23(13,28)19(27)12-29-14(2)25/h13,15,17-18,20,28H,5-12H2,1-4H3/t13-,15+,17+,18-,20-,21+,22+,23+,24+/m0/s1. The van der Waals surface area contributed by atoms with Gasteiger partial charge in [0.05, 0.1) is 6.10 Å². The molecule has 6 heteroatoms. The number of hydrogen-bond acceptors (Lipinski definition) is 6. The number of Topliss-reactive ketones (excluding diaryl/α,β-unsaturated/α-hetero) is 2. The molecular weight excluding hydrogens is 384 g/mol.